The second-order valence-corrected chi connectivity index (χ2v) is 4.20. The molecule has 6 heteroatoms. The number of aromatic nitrogens is 2. The van der Waals surface area contributed by atoms with E-state index in [-0.39, 0.29) is 5.91 Å². The predicted molar refractivity (Wildman–Crippen MR) is 64.6 cm³/mol. The number of piperazine rings is 1. The van der Waals surface area contributed by atoms with E-state index in [1.807, 2.05) is 6.07 Å². The summed E-state index contributed by atoms with van der Waals surface area (Å²) in [5, 5.41) is 12.8. The normalized spacial score (nSPS) is 16.9. The maximum absolute atomic E-state index is 11.6. The van der Waals surface area contributed by atoms with E-state index in [2.05, 4.69) is 25.7 Å². The zero-order valence-corrected chi connectivity index (χ0v) is 9.91. The van der Waals surface area contributed by atoms with Crippen LogP contribution in [0.25, 0.3) is 0 Å². The molecule has 17 heavy (non-hydrogen) atoms. The van der Waals surface area contributed by atoms with Gasteiger partial charge in [0, 0.05) is 51.2 Å². The summed E-state index contributed by atoms with van der Waals surface area (Å²) in [6, 6.07) is 1.82. The van der Waals surface area contributed by atoms with Gasteiger partial charge in [-0.2, -0.15) is 5.10 Å². The standard InChI is InChI=1S/C11H19N5O/c17-11(9-10-1-2-14-15-10)13-5-8-16-6-3-12-4-7-16/h1-2,12H,3-9H2,(H,13,17)(H,14,15). The van der Waals surface area contributed by atoms with Crippen LogP contribution in [0.1, 0.15) is 5.69 Å². The lowest BCUT2D eigenvalue weighted by atomic mass is 10.3. The van der Waals surface area contributed by atoms with E-state index in [1.165, 1.54) is 0 Å². The van der Waals surface area contributed by atoms with E-state index < -0.39 is 0 Å². The van der Waals surface area contributed by atoms with Gasteiger partial charge >= 0.3 is 0 Å². The molecule has 1 amide bonds. The Labute approximate surface area is 101 Å². The third kappa shape index (κ3) is 4.16. The molecule has 2 rings (SSSR count). The van der Waals surface area contributed by atoms with Gasteiger partial charge in [-0.25, -0.2) is 0 Å². The molecule has 3 N–H and O–H groups in total. The summed E-state index contributed by atoms with van der Waals surface area (Å²) >= 11 is 0. The summed E-state index contributed by atoms with van der Waals surface area (Å²) in [5.41, 5.74) is 0.852. The number of aromatic amines is 1. The third-order valence-corrected chi connectivity index (χ3v) is 2.87. The second-order valence-electron chi connectivity index (χ2n) is 4.20. The molecule has 1 aliphatic rings. The van der Waals surface area contributed by atoms with Crippen LogP contribution in [0.2, 0.25) is 0 Å². The van der Waals surface area contributed by atoms with E-state index in [0.717, 1.165) is 38.4 Å². The molecule has 1 aliphatic heterocycles. The molecular formula is C11H19N5O. The van der Waals surface area contributed by atoms with Crippen molar-refractivity contribution in [3.63, 3.8) is 0 Å². The Morgan fingerprint density at radius 3 is 3.00 bits per heavy atom. The number of carbonyl (C=O) groups excluding carboxylic acids is 1. The summed E-state index contributed by atoms with van der Waals surface area (Å²) in [7, 11) is 0. The SMILES string of the molecule is O=C(Cc1ccn[nH]1)NCCN1CCNCC1. The molecule has 94 valence electrons. The molecule has 0 saturated carbocycles. The quantitative estimate of drug-likeness (QED) is 0.612. The molecule has 0 aromatic carbocycles. The Morgan fingerprint density at radius 1 is 1.47 bits per heavy atom. The number of hydrogen-bond donors (Lipinski definition) is 3. The zero-order chi connectivity index (χ0) is 11.9. The zero-order valence-electron chi connectivity index (χ0n) is 9.91. The van der Waals surface area contributed by atoms with Gasteiger partial charge in [0.2, 0.25) is 5.91 Å². The smallest absolute Gasteiger partial charge is 0.226 e. The molecule has 0 aliphatic carbocycles. The largest absolute Gasteiger partial charge is 0.354 e. The van der Waals surface area contributed by atoms with Gasteiger partial charge < -0.3 is 10.6 Å². The summed E-state index contributed by atoms with van der Waals surface area (Å²) in [4.78, 5) is 13.9. The lowest BCUT2D eigenvalue weighted by Gasteiger charge is -2.27. The number of rotatable bonds is 5. The third-order valence-electron chi connectivity index (χ3n) is 2.87. The van der Waals surface area contributed by atoms with Crippen LogP contribution in [0.15, 0.2) is 12.3 Å². The molecule has 0 bridgehead atoms. The maximum atomic E-state index is 11.6. The van der Waals surface area contributed by atoms with Crippen molar-refractivity contribution in [2.24, 2.45) is 0 Å². The van der Waals surface area contributed by atoms with E-state index in [1.54, 1.807) is 6.20 Å². The van der Waals surface area contributed by atoms with Gasteiger partial charge in [0.05, 0.1) is 6.42 Å². The Balaban J connectivity index is 1.59. The van der Waals surface area contributed by atoms with E-state index >= 15 is 0 Å². The van der Waals surface area contributed by atoms with Crippen LogP contribution in [0.3, 0.4) is 0 Å². The van der Waals surface area contributed by atoms with Gasteiger partial charge in [0.25, 0.3) is 0 Å². The molecule has 1 saturated heterocycles. The van der Waals surface area contributed by atoms with Crippen LogP contribution >= 0.6 is 0 Å². The molecule has 1 fully saturated rings. The first-order valence-electron chi connectivity index (χ1n) is 6.02. The van der Waals surface area contributed by atoms with E-state index in [0.29, 0.717) is 13.0 Å². The maximum Gasteiger partial charge on any atom is 0.226 e. The van der Waals surface area contributed by atoms with Crippen LogP contribution in [-0.4, -0.2) is 60.3 Å². The highest BCUT2D eigenvalue weighted by atomic mass is 16.1. The van der Waals surface area contributed by atoms with E-state index in [4.69, 9.17) is 0 Å². The van der Waals surface area contributed by atoms with Crippen molar-refractivity contribution in [3.05, 3.63) is 18.0 Å². The average molecular weight is 237 g/mol. The molecule has 1 aromatic rings. The van der Waals surface area contributed by atoms with Crippen molar-refractivity contribution in [2.45, 2.75) is 6.42 Å². The molecule has 0 spiro atoms. The molecule has 0 atom stereocenters. The monoisotopic (exact) mass is 237 g/mol. The van der Waals surface area contributed by atoms with Crippen LogP contribution in [-0.2, 0) is 11.2 Å². The summed E-state index contributed by atoms with van der Waals surface area (Å²) in [6.45, 7) is 5.86. The molecule has 6 nitrogen and oxygen atoms in total. The molecular weight excluding hydrogens is 218 g/mol. The topological polar surface area (TPSA) is 73.0 Å². The van der Waals surface area contributed by atoms with Gasteiger partial charge in [-0.3, -0.25) is 14.8 Å². The summed E-state index contributed by atoms with van der Waals surface area (Å²) in [5.74, 6) is 0.0457. The van der Waals surface area contributed by atoms with Gasteiger partial charge in [-0.05, 0) is 6.07 Å². The van der Waals surface area contributed by atoms with E-state index in [9.17, 15) is 4.79 Å². The number of nitrogens with one attached hydrogen (secondary N) is 3. The first-order chi connectivity index (χ1) is 8.34. The van der Waals surface area contributed by atoms with Gasteiger partial charge in [-0.15, -0.1) is 0 Å². The lowest BCUT2D eigenvalue weighted by Crippen LogP contribution is -2.46. The Bertz CT molecular complexity index is 332. The van der Waals surface area contributed by atoms with Crippen molar-refractivity contribution in [3.8, 4) is 0 Å². The highest BCUT2D eigenvalue weighted by molar-refractivity contribution is 5.77. The number of hydrogen-bond acceptors (Lipinski definition) is 4. The van der Waals surface area contributed by atoms with Crippen LogP contribution < -0.4 is 10.6 Å². The Kier molecular flexibility index (Phi) is 4.52. The van der Waals surface area contributed by atoms with Gasteiger partial charge in [-0.1, -0.05) is 0 Å². The molecule has 0 unspecified atom stereocenters. The van der Waals surface area contributed by atoms with Crippen molar-refractivity contribution in [1.29, 1.82) is 0 Å². The highest BCUT2D eigenvalue weighted by Crippen LogP contribution is 1.93. The first kappa shape index (κ1) is 12.1. The van der Waals surface area contributed by atoms with Gasteiger partial charge in [0.15, 0.2) is 0 Å². The number of amides is 1. The van der Waals surface area contributed by atoms with Crippen molar-refractivity contribution in [1.82, 2.24) is 25.7 Å². The fourth-order valence-electron chi connectivity index (χ4n) is 1.91. The van der Waals surface area contributed by atoms with Gasteiger partial charge in [0.1, 0.15) is 0 Å². The van der Waals surface area contributed by atoms with Crippen molar-refractivity contribution in [2.75, 3.05) is 39.3 Å². The Hall–Kier alpha value is -1.40. The molecule has 0 radical (unpaired) electrons. The van der Waals surface area contributed by atoms with Crippen molar-refractivity contribution >= 4 is 5.91 Å². The van der Waals surface area contributed by atoms with Crippen LogP contribution in [0.4, 0.5) is 0 Å². The lowest BCUT2D eigenvalue weighted by molar-refractivity contribution is -0.120. The van der Waals surface area contributed by atoms with Crippen LogP contribution in [0, 0.1) is 0 Å². The molecule has 2 heterocycles. The summed E-state index contributed by atoms with van der Waals surface area (Å²) in [6.07, 6.45) is 2.03. The minimum atomic E-state index is 0.0457. The van der Waals surface area contributed by atoms with Crippen LogP contribution in [0.5, 0.6) is 0 Å². The molecule has 1 aromatic heterocycles. The minimum Gasteiger partial charge on any atom is -0.354 e. The van der Waals surface area contributed by atoms with Crippen molar-refractivity contribution < 1.29 is 4.79 Å². The number of nitrogens with zero attached hydrogens (tertiary/aromatic N) is 2. The average Bonchev–Trinajstić information content (AvgIpc) is 2.83. The fourth-order valence-corrected chi connectivity index (χ4v) is 1.91. The second kappa shape index (κ2) is 6.36. The Morgan fingerprint density at radius 2 is 2.29 bits per heavy atom. The number of carbonyl (C=O) groups is 1. The summed E-state index contributed by atoms with van der Waals surface area (Å²) < 4.78 is 0. The minimum absolute atomic E-state index is 0.0457. The highest BCUT2D eigenvalue weighted by Gasteiger charge is 2.09. The fraction of sp³-hybridized carbons (Fsp3) is 0.636. The predicted octanol–water partition coefficient (Wildman–Crippen LogP) is -1.03. The number of H-pyrrole nitrogens is 1. The first-order valence-corrected chi connectivity index (χ1v) is 6.02.